The first kappa shape index (κ1) is 11.6. The topological polar surface area (TPSA) is 71.3 Å². The van der Waals surface area contributed by atoms with Gasteiger partial charge in [-0.2, -0.15) is 4.72 Å². The quantitative estimate of drug-likeness (QED) is 0.843. The van der Waals surface area contributed by atoms with Gasteiger partial charge in [-0.3, -0.25) is 0 Å². The summed E-state index contributed by atoms with van der Waals surface area (Å²) in [6.07, 6.45) is 1.53. The van der Waals surface area contributed by atoms with Gasteiger partial charge in [-0.25, -0.2) is 8.42 Å². The van der Waals surface area contributed by atoms with E-state index in [-0.39, 0.29) is 11.6 Å². The summed E-state index contributed by atoms with van der Waals surface area (Å²) >= 11 is 5.96. The lowest BCUT2D eigenvalue weighted by Gasteiger charge is -2.21. The smallest absolute Gasteiger partial charge is 0.244 e. The molecule has 0 aliphatic carbocycles. The lowest BCUT2D eigenvalue weighted by atomic mass is 10.1. The Morgan fingerprint density at radius 2 is 2.17 bits per heavy atom. The van der Waals surface area contributed by atoms with Gasteiger partial charge in [0, 0.05) is 10.6 Å². The second-order valence-corrected chi connectivity index (χ2v) is 5.98. The summed E-state index contributed by atoms with van der Waals surface area (Å²) in [7, 11) is -3.52. The minimum Gasteiger partial charge on any atom is -0.464 e. The number of hydrogen-bond acceptors (Lipinski definition) is 4. The van der Waals surface area contributed by atoms with Crippen LogP contribution in [0.2, 0.25) is 5.02 Å². The molecule has 0 atom stereocenters. The maximum absolute atomic E-state index is 11.9. The predicted octanol–water partition coefficient (Wildman–Crippen LogP) is 2.26. The van der Waals surface area contributed by atoms with Gasteiger partial charge in [-0.1, -0.05) is 11.6 Å². The standard InChI is InChI=1S/C11H9ClN2O3S/c12-7-4-8(9-2-1-3-17-9)11-10(5-7)18(15,16)14-6-13-11/h1-5,13-14H,6H2. The van der Waals surface area contributed by atoms with Crippen LogP contribution in [0, 0.1) is 0 Å². The Morgan fingerprint density at radius 3 is 2.89 bits per heavy atom. The first-order chi connectivity index (χ1) is 8.58. The number of nitrogens with one attached hydrogen (secondary N) is 2. The van der Waals surface area contributed by atoms with Crippen LogP contribution in [0.25, 0.3) is 11.3 Å². The highest BCUT2D eigenvalue weighted by molar-refractivity contribution is 7.89. The van der Waals surface area contributed by atoms with Gasteiger partial charge in [0.25, 0.3) is 0 Å². The summed E-state index contributed by atoms with van der Waals surface area (Å²) in [4.78, 5) is 0.132. The van der Waals surface area contributed by atoms with E-state index in [0.29, 0.717) is 22.0 Å². The highest BCUT2D eigenvalue weighted by atomic mass is 35.5. The van der Waals surface area contributed by atoms with Crippen molar-refractivity contribution in [2.45, 2.75) is 4.90 Å². The van der Waals surface area contributed by atoms with Crippen molar-refractivity contribution in [1.82, 2.24) is 4.72 Å². The van der Waals surface area contributed by atoms with Crippen LogP contribution in [0.1, 0.15) is 0 Å². The Hall–Kier alpha value is -1.50. The molecule has 0 fully saturated rings. The zero-order valence-electron chi connectivity index (χ0n) is 9.10. The number of fused-ring (bicyclic) bond motifs is 1. The first-order valence-corrected chi connectivity index (χ1v) is 7.05. The maximum atomic E-state index is 11.9. The molecule has 94 valence electrons. The van der Waals surface area contributed by atoms with Gasteiger partial charge >= 0.3 is 0 Å². The molecule has 0 radical (unpaired) electrons. The number of furan rings is 1. The number of rotatable bonds is 1. The third kappa shape index (κ3) is 1.78. The van der Waals surface area contributed by atoms with Gasteiger partial charge in [0.2, 0.25) is 10.0 Å². The van der Waals surface area contributed by atoms with Gasteiger partial charge < -0.3 is 9.73 Å². The molecule has 2 N–H and O–H groups in total. The van der Waals surface area contributed by atoms with Gasteiger partial charge in [-0.15, -0.1) is 0 Å². The summed E-state index contributed by atoms with van der Waals surface area (Å²) in [5.41, 5.74) is 1.14. The molecule has 1 aliphatic heterocycles. The first-order valence-electron chi connectivity index (χ1n) is 5.19. The highest BCUT2D eigenvalue weighted by Crippen LogP contribution is 2.37. The predicted molar refractivity (Wildman–Crippen MR) is 68.0 cm³/mol. The van der Waals surface area contributed by atoms with Gasteiger partial charge in [0.05, 0.1) is 18.6 Å². The van der Waals surface area contributed by atoms with E-state index in [1.54, 1.807) is 18.2 Å². The van der Waals surface area contributed by atoms with E-state index in [0.717, 1.165) is 0 Å². The van der Waals surface area contributed by atoms with E-state index < -0.39 is 10.0 Å². The van der Waals surface area contributed by atoms with E-state index in [2.05, 4.69) is 10.0 Å². The van der Waals surface area contributed by atoms with Crippen LogP contribution in [0.5, 0.6) is 0 Å². The molecule has 0 saturated carbocycles. The van der Waals surface area contributed by atoms with Crippen molar-refractivity contribution in [2.24, 2.45) is 0 Å². The van der Waals surface area contributed by atoms with E-state index in [9.17, 15) is 8.42 Å². The zero-order valence-corrected chi connectivity index (χ0v) is 10.7. The molecule has 2 aromatic rings. The lowest BCUT2D eigenvalue weighted by Crippen LogP contribution is -2.34. The molecule has 5 nitrogen and oxygen atoms in total. The third-order valence-electron chi connectivity index (χ3n) is 2.67. The van der Waals surface area contributed by atoms with E-state index in [1.807, 2.05) is 0 Å². The Morgan fingerprint density at radius 1 is 1.33 bits per heavy atom. The SMILES string of the molecule is O=S1(=O)NCNc2c(-c3ccco3)cc(Cl)cc21. The molecule has 0 spiro atoms. The fourth-order valence-corrected chi connectivity index (χ4v) is 3.33. The van der Waals surface area contributed by atoms with Crippen molar-refractivity contribution >= 4 is 27.3 Å². The fraction of sp³-hybridized carbons (Fsp3) is 0.0909. The lowest BCUT2D eigenvalue weighted by molar-refractivity contribution is 0.578. The van der Waals surface area contributed by atoms with Crippen molar-refractivity contribution < 1.29 is 12.8 Å². The summed E-state index contributed by atoms with van der Waals surface area (Å²) in [5.74, 6) is 0.568. The summed E-state index contributed by atoms with van der Waals surface area (Å²) in [6.45, 7) is 0.144. The van der Waals surface area contributed by atoms with Crippen molar-refractivity contribution in [3.63, 3.8) is 0 Å². The highest BCUT2D eigenvalue weighted by Gasteiger charge is 2.26. The summed E-state index contributed by atoms with van der Waals surface area (Å²) < 4.78 is 31.5. The van der Waals surface area contributed by atoms with Gasteiger partial charge in [0.15, 0.2) is 0 Å². The van der Waals surface area contributed by atoms with Crippen LogP contribution in [-0.4, -0.2) is 15.1 Å². The Labute approximate surface area is 109 Å². The van der Waals surface area contributed by atoms with Crippen LogP contribution >= 0.6 is 11.6 Å². The van der Waals surface area contributed by atoms with E-state index in [1.165, 1.54) is 12.3 Å². The van der Waals surface area contributed by atoms with Crippen molar-refractivity contribution in [3.8, 4) is 11.3 Å². The Bertz CT molecular complexity index is 695. The summed E-state index contributed by atoms with van der Waals surface area (Å²) in [5, 5.41) is 3.34. The molecule has 18 heavy (non-hydrogen) atoms. The Balaban J connectivity index is 2.32. The third-order valence-corrected chi connectivity index (χ3v) is 4.31. The van der Waals surface area contributed by atoms with Gasteiger partial charge in [-0.05, 0) is 24.3 Å². The number of halogens is 1. The molecule has 2 heterocycles. The van der Waals surface area contributed by atoms with Crippen LogP contribution in [0.15, 0.2) is 39.8 Å². The zero-order chi connectivity index (χ0) is 12.8. The number of benzene rings is 1. The van der Waals surface area contributed by atoms with Crippen LogP contribution in [0.3, 0.4) is 0 Å². The van der Waals surface area contributed by atoms with Crippen LogP contribution < -0.4 is 10.0 Å². The molecule has 7 heteroatoms. The largest absolute Gasteiger partial charge is 0.464 e. The number of anilines is 1. The van der Waals surface area contributed by atoms with Gasteiger partial charge in [0.1, 0.15) is 10.7 Å². The molecule has 0 unspecified atom stereocenters. The average Bonchev–Trinajstić information content (AvgIpc) is 2.82. The number of sulfonamides is 1. The molecule has 3 rings (SSSR count). The Kier molecular flexibility index (Phi) is 2.58. The van der Waals surface area contributed by atoms with E-state index in [4.69, 9.17) is 16.0 Å². The number of hydrogen-bond donors (Lipinski definition) is 2. The normalized spacial score (nSPS) is 16.9. The molecule has 1 aliphatic rings. The van der Waals surface area contributed by atoms with Crippen molar-refractivity contribution in [3.05, 3.63) is 35.6 Å². The molecule has 1 aromatic heterocycles. The van der Waals surface area contributed by atoms with Crippen molar-refractivity contribution in [2.75, 3.05) is 12.0 Å². The molecule has 0 amide bonds. The minimum atomic E-state index is -3.52. The van der Waals surface area contributed by atoms with Crippen LogP contribution in [0.4, 0.5) is 5.69 Å². The minimum absolute atomic E-state index is 0.132. The average molecular weight is 285 g/mol. The van der Waals surface area contributed by atoms with Crippen LogP contribution in [-0.2, 0) is 10.0 Å². The molecule has 1 aromatic carbocycles. The second-order valence-electron chi connectivity index (χ2n) is 3.81. The van der Waals surface area contributed by atoms with E-state index >= 15 is 0 Å². The monoisotopic (exact) mass is 284 g/mol. The molecule has 0 bridgehead atoms. The fourth-order valence-electron chi connectivity index (χ4n) is 1.90. The summed E-state index contributed by atoms with van der Waals surface area (Å²) in [6, 6.07) is 6.57. The second kappa shape index (κ2) is 4.01. The maximum Gasteiger partial charge on any atom is 0.244 e. The van der Waals surface area contributed by atoms with Crippen molar-refractivity contribution in [1.29, 1.82) is 0 Å². The molecular formula is C11H9ClN2O3S. The molecular weight excluding hydrogens is 276 g/mol. The molecule has 0 saturated heterocycles.